The van der Waals surface area contributed by atoms with Crippen molar-refractivity contribution in [2.45, 2.75) is 0 Å². The molecular weight excluding hydrogens is 388 g/mol. The van der Waals surface area contributed by atoms with Crippen molar-refractivity contribution in [1.82, 2.24) is 0 Å². The monoisotopic (exact) mass is 402 g/mol. The van der Waals surface area contributed by atoms with Gasteiger partial charge in [0.05, 0.1) is 29.7 Å². The van der Waals surface area contributed by atoms with Crippen LogP contribution >= 0.6 is 24.0 Å². The number of anilines is 1. The number of amides is 1. The van der Waals surface area contributed by atoms with Gasteiger partial charge in [0.2, 0.25) is 0 Å². The summed E-state index contributed by atoms with van der Waals surface area (Å²) in [7, 11) is 2.97. The maximum Gasteiger partial charge on any atom is 0.270 e. The minimum atomic E-state index is -0.503. The van der Waals surface area contributed by atoms with Crippen LogP contribution in [-0.2, 0) is 4.79 Å². The summed E-state index contributed by atoms with van der Waals surface area (Å²) < 4.78 is 10.9. The Morgan fingerprint density at radius 1 is 1.15 bits per heavy atom. The quantitative estimate of drug-likeness (QED) is 0.323. The van der Waals surface area contributed by atoms with E-state index in [2.05, 4.69) is 0 Å². The van der Waals surface area contributed by atoms with Gasteiger partial charge in [0.15, 0.2) is 4.32 Å². The summed E-state index contributed by atoms with van der Waals surface area (Å²) in [6.45, 7) is 0. The molecular formula is C18H14N2O5S2. The lowest BCUT2D eigenvalue weighted by molar-refractivity contribution is -0.384. The molecule has 7 nitrogen and oxygen atoms in total. The van der Waals surface area contributed by atoms with Gasteiger partial charge < -0.3 is 9.47 Å². The Kier molecular flexibility index (Phi) is 5.43. The number of methoxy groups -OCH3 is 2. The number of para-hydroxylation sites is 2. The van der Waals surface area contributed by atoms with E-state index in [1.807, 2.05) is 0 Å². The van der Waals surface area contributed by atoms with E-state index in [0.717, 1.165) is 11.8 Å². The number of nitro benzene ring substituents is 1. The van der Waals surface area contributed by atoms with Crippen LogP contribution in [0.5, 0.6) is 11.5 Å². The predicted octanol–water partition coefficient (Wildman–Crippen LogP) is 4.02. The van der Waals surface area contributed by atoms with E-state index in [1.54, 1.807) is 30.3 Å². The lowest BCUT2D eigenvalue weighted by Crippen LogP contribution is -2.27. The maximum atomic E-state index is 12.9. The number of nitrogens with zero attached hydrogens (tertiary/aromatic N) is 2. The smallest absolute Gasteiger partial charge is 0.270 e. The zero-order valence-electron chi connectivity index (χ0n) is 14.4. The standard InChI is InChI=1S/C18H14N2O5S2/c1-24-14-8-7-12(20(22)23)9-11(14)10-16-17(21)19(18(26)27-16)13-5-3-4-6-15(13)25-2/h3-10H,1-2H3/b16-10+. The molecule has 0 saturated carbocycles. The Morgan fingerprint density at radius 3 is 2.52 bits per heavy atom. The van der Waals surface area contributed by atoms with Gasteiger partial charge in [0.25, 0.3) is 11.6 Å². The van der Waals surface area contributed by atoms with Crippen LogP contribution < -0.4 is 14.4 Å². The molecule has 138 valence electrons. The van der Waals surface area contributed by atoms with Crippen molar-refractivity contribution in [3.05, 3.63) is 63.0 Å². The number of thiocarbonyl (C=S) groups is 1. The van der Waals surface area contributed by atoms with Gasteiger partial charge in [-0.3, -0.25) is 19.8 Å². The normalized spacial score (nSPS) is 15.3. The second-order valence-electron chi connectivity index (χ2n) is 5.37. The van der Waals surface area contributed by atoms with Gasteiger partial charge in [-0.1, -0.05) is 36.1 Å². The maximum absolute atomic E-state index is 12.9. The summed E-state index contributed by atoms with van der Waals surface area (Å²) in [5.41, 5.74) is 0.867. The first-order valence-electron chi connectivity index (χ1n) is 7.69. The third kappa shape index (κ3) is 3.64. The summed E-state index contributed by atoms with van der Waals surface area (Å²) in [6.07, 6.45) is 1.54. The Hall–Kier alpha value is -2.91. The number of carbonyl (C=O) groups excluding carboxylic acids is 1. The van der Waals surface area contributed by atoms with Gasteiger partial charge in [-0.2, -0.15) is 0 Å². The second kappa shape index (κ2) is 7.77. The summed E-state index contributed by atoms with van der Waals surface area (Å²) in [6, 6.07) is 11.2. The first-order valence-corrected chi connectivity index (χ1v) is 8.92. The highest BCUT2D eigenvalue weighted by atomic mass is 32.2. The van der Waals surface area contributed by atoms with Gasteiger partial charge in [-0.15, -0.1) is 0 Å². The first kappa shape index (κ1) is 18.9. The third-order valence-corrected chi connectivity index (χ3v) is 5.13. The molecule has 1 amide bonds. The average molecular weight is 402 g/mol. The Bertz CT molecular complexity index is 974. The Labute approximate surface area is 164 Å². The van der Waals surface area contributed by atoms with E-state index in [9.17, 15) is 14.9 Å². The molecule has 9 heteroatoms. The zero-order chi connectivity index (χ0) is 19.6. The molecule has 0 aliphatic carbocycles. The van der Waals surface area contributed by atoms with Gasteiger partial charge in [-0.25, -0.2) is 0 Å². The van der Waals surface area contributed by atoms with E-state index in [4.69, 9.17) is 21.7 Å². The van der Waals surface area contributed by atoms with Crippen LogP contribution in [0.2, 0.25) is 0 Å². The molecule has 1 heterocycles. The number of hydrogen-bond donors (Lipinski definition) is 0. The second-order valence-corrected chi connectivity index (χ2v) is 7.05. The fourth-order valence-electron chi connectivity index (χ4n) is 2.58. The molecule has 0 atom stereocenters. The molecule has 1 fully saturated rings. The molecule has 0 bridgehead atoms. The Balaban J connectivity index is 2.02. The van der Waals surface area contributed by atoms with Crippen LogP contribution in [-0.4, -0.2) is 29.4 Å². The molecule has 1 aliphatic rings. The number of ether oxygens (including phenoxy) is 2. The highest BCUT2D eigenvalue weighted by Gasteiger charge is 2.35. The SMILES string of the molecule is COc1ccc([N+](=O)[O-])cc1/C=C1/SC(=S)N(c2ccccc2OC)C1=O. The fourth-order valence-corrected chi connectivity index (χ4v) is 3.86. The highest BCUT2D eigenvalue weighted by molar-refractivity contribution is 8.27. The van der Waals surface area contributed by atoms with E-state index in [-0.39, 0.29) is 11.6 Å². The van der Waals surface area contributed by atoms with Gasteiger partial charge in [0.1, 0.15) is 11.5 Å². The molecule has 1 saturated heterocycles. The summed E-state index contributed by atoms with van der Waals surface area (Å²) in [5, 5.41) is 11.0. The third-order valence-electron chi connectivity index (χ3n) is 3.83. The number of carbonyl (C=O) groups is 1. The van der Waals surface area contributed by atoms with Crippen LogP contribution in [0.4, 0.5) is 11.4 Å². The average Bonchev–Trinajstić information content (AvgIpc) is 2.94. The molecule has 0 radical (unpaired) electrons. The molecule has 3 rings (SSSR count). The van der Waals surface area contributed by atoms with Gasteiger partial charge in [0, 0.05) is 17.7 Å². The van der Waals surface area contributed by atoms with Crippen LogP contribution in [0.25, 0.3) is 6.08 Å². The van der Waals surface area contributed by atoms with Crippen molar-refractivity contribution in [2.75, 3.05) is 19.1 Å². The summed E-state index contributed by atoms with van der Waals surface area (Å²) in [5.74, 6) is 0.606. The van der Waals surface area contributed by atoms with Gasteiger partial charge in [-0.05, 0) is 24.3 Å². The zero-order valence-corrected chi connectivity index (χ0v) is 16.0. The molecule has 2 aromatic carbocycles. The molecule has 1 aliphatic heterocycles. The minimum Gasteiger partial charge on any atom is -0.496 e. The topological polar surface area (TPSA) is 81.9 Å². The van der Waals surface area contributed by atoms with Crippen LogP contribution in [0, 0.1) is 10.1 Å². The number of rotatable bonds is 5. The molecule has 0 N–H and O–H groups in total. The van der Waals surface area contributed by atoms with Crippen LogP contribution in [0.1, 0.15) is 5.56 Å². The van der Waals surface area contributed by atoms with Crippen LogP contribution in [0.15, 0.2) is 47.4 Å². The summed E-state index contributed by atoms with van der Waals surface area (Å²) in [4.78, 5) is 25.2. The predicted molar refractivity (Wildman–Crippen MR) is 108 cm³/mol. The molecule has 27 heavy (non-hydrogen) atoms. The molecule has 0 aromatic heterocycles. The van der Waals surface area contributed by atoms with Crippen molar-refractivity contribution in [3.8, 4) is 11.5 Å². The highest BCUT2D eigenvalue weighted by Crippen LogP contribution is 2.40. The van der Waals surface area contributed by atoms with Crippen molar-refractivity contribution in [2.24, 2.45) is 0 Å². The summed E-state index contributed by atoms with van der Waals surface area (Å²) >= 11 is 6.47. The number of benzene rings is 2. The van der Waals surface area contributed by atoms with Crippen molar-refractivity contribution in [1.29, 1.82) is 0 Å². The Morgan fingerprint density at radius 2 is 1.85 bits per heavy atom. The number of hydrogen-bond acceptors (Lipinski definition) is 7. The molecule has 0 spiro atoms. The van der Waals surface area contributed by atoms with E-state index < -0.39 is 4.92 Å². The minimum absolute atomic E-state index is 0.0951. The lowest BCUT2D eigenvalue weighted by atomic mass is 10.1. The molecule has 0 unspecified atom stereocenters. The number of non-ortho nitro benzene ring substituents is 1. The van der Waals surface area contributed by atoms with E-state index >= 15 is 0 Å². The van der Waals surface area contributed by atoms with Crippen molar-refractivity contribution in [3.63, 3.8) is 0 Å². The van der Waals surface area contributed by atoms with Crippen molar-refractivity contribution >= 4 is 51.7 Å². The largest absolute Gasteiger partial charge is 0.496 e. The van der Waals surface area contributed by atoms with E-state index in [1.165, 1.54) is 37.3 Å². The number of nitro groups is 1. The lowest BCUT2D eigenvalue weighted by Gasteiger charge is -2.17. The first-order chi connectivity index (χ1) is 13.0. The fraction of sp³-hybridized carbons (Fsp3) is 0.111. The van der Waals surface area contributed by atoms with Crippen LogP contribution in [0.3, 0.4) is 0 Å². The molecule has 2 aromatic rings. The van der Waals surface area contributed by atoms with Gasteiger partial charge >= 0.3 is 0 Å². The van der Waals surface area contributed by atoms with E-state index in [0.29, 0.717) is 32.0 Å². The number of thioether (sulfide) groups is 1. The van der Waals surface area contributed by atoms with Crippen molar-refractivity contribution < 1.29 is 19.2 Å².